The first-order chi connectivity index (χ1) is 12.1. The van der Waals surface area contributed by atoms with Crippen molar-refractivity contribution in [2.75, 3.05) is 32.8 Å². The van der Waals surface area contributed by atoms with Crippen LogP contribution >= 0.6 is 11.6 Å². The molecule has 7 heteroatoms. The van der Waals surface area contributed by atoms with Gasteiger partial charge in [-0.15, -0.1) is 0 Å². The van der Waals surface area contributed by atoms with Crippen LogP contribution in [-0.4, -0.2) is 46.1 Å². The van der Waals surface area contributed by atoms with Gasteiger partial charge in [0.25, 0.3) is 0 Å². The smallest absolute Gasteiger partial charge is 0.242 e. The highest BCUT2D eigenvalue weighted by Gasteiger charge is 2.22. The predicted octanol–water partition coefficient (Wildman–Crippen LogP) is 2.69. The molecule has 0 amide bonds. The lowest BCUT2D eigenvalue weighted by atomic mass is 10.1. The van der Waals surface area contributed by atoms with Crippen LogP contribution in [0.2, 0.25) is 5.02 Å². The summed E-state index contributed by atoms with van der Waals surface area (Å²) in [6.07, 6.45) is 0.0233. The zero-order valence-electron chi connectivity index (χ0n) is 13.8. The molecule has 1 aliphatic rings. The number of morpholine rings is 1. The molecular formula is C18H21ClN2O3S. The van der Waals surface area contributed by atoms with Crippen LogP contribution in [-0.2, 0) is 14.8 Å². The van der Waals surface area contributed by atoms with Crippen LogP contribution in [0.3, 0.4) is 0 Å². The third-order valence-electron chi connectivity index (χ3n) is 4.17. The summed E-state index contributed by atoms with van der Waals surface area (Å²) in [6, 6.07) is 16.5. The number of hydrogen-bond acceptors (Lipinski definition) is 4. The van der Waals surface area contributed by atoms with Crippen LogP contribution in [0.1, 0.15) is 11.7 Å². The first kappa shape index (κ1) is 18.4. The molecule has 1 aliphatic heterocycles. The molecule has 2 aromatic rings. The number of ether oxygens (including phenoxy) is 1. The quantitative estimate of drug-likeness (QED) is 0.837. The highest BCUT2D eigenvalue weighted by Crippen LogP contribution is 2.22. The predicted molar refractivity (Wildman–Crippen MR) is 98.2 cm³/mol. The van der Waals surface area contributed by atoms with Crippen molar-refractivity contribution in [2.24, 2.45) is 0 Å². The standard InChI is InChI=1S/C18H21ClN2O3S/c19-16-8-4-5-9-18(16)25(22,23)20-10-11-21-12-13-24-17(14-21)15-6-2-1-3-7-15/h1-9,17,20H,10-14H2/t17-/m1/s1. The first-order valence-corrected chi connectivity index (χ1v) is 10.1. The normalized spacial score (nSPS) is 19.0. The summed E-state index contributed by atoms with van der Waals surface area (Å²) in [5, 5.41) is 0.227. The molecule has 0 aromatic heterocycles. The molecule has 0 aliphatic carbocycles. The van der Waals surface area contributed by atoms with Crippen LogP contribution in [0.25, 0.3) is 0 Å². The molecule has 25 heavy (non-hydrogen) atoms. The van der Waals surface area contributed by atoms with E-state index in [1.807, 2.05) is 30.3 Å². The van der Waals surface area contributed by atoms with Gasteiger partial charge in [-0.3, -0.25) is 4.90 Å². The second-order valence-electron chi connectivity index (χ2n) is 5.90. The third-order valence-corrected chi connectivity index (χ3v) is 6.13. The zero-order valence-corrected chi connectivity index (χ0v) is 15.3. The van der Waals surface area contributed by atoms with Crippen molar-refractivity contribution in [1.29, 1.82) is 0 Å². The SMILES string of the molecule is O=S(=O)(NCCN1CCO[C@@H](c2ccccc2)C1)c1ccccc1Cl. The minimum Gasteiger partial charge on any atom is -0.371 e. The average molecular weight is 381 g/mol. The summed E-state index contributed by atoms with van der Waals surface area (Å²) in [6.45, 7) is 3.12. The molecule has 5 nitrogen and oxygen atoms in total. The van der Waals surface area contributed by atoms with Crippen molar-refractivity contribution in [2.45, 2.75) is 11.0 Å². The fourth-order valence-corrected chi connectivity index (χ4v) is 4.39. The van der Waals surface area contributed by atoms with Crippen molar-refractivity contribution in [3.8, 4) is 0 Å². The molecule has 1 fully saturated rings. The van der Waals surface area contributed by atoms with Gasteiger partial charge >= 0.3 is 0 Å². The Balaban J connectivity index is 1.54. The average Bonchev–Trinajstić information content (AvgIpc) is 2.63. The van der Waals surface area contributed by atoms with Crippen LogP contribution < -0.4 is 4.72 Å². The molecule has 0 saturated carbocycles. The molecular weight excluding hydrogens is 360 g/mol. The van der Waals surface area contributed by atoms with Crippen molar-refractivity contribution < 1.29 is 13.2 Å². The van der Waals surface area contributed by atoms with E-state index in [4.69, 9.17) is 16.3 Å². The largest absolute Gasteiger partial charge is 0.371 e. The van der Waals surface area contributed by atoms with Gasteiger partial charge in [-0.1, -0.05) is 54.1 Å². The minimum absolute atomic E-state index is 0.0233. The molecule has 0 bridgehead atoms. The molecule has 1 N–H and O–H groups in total. The van der Waals surface area contributed by atoms with Crippen LogP contribution in [0.15, 0.2) is 59.5 Å². The van der Waals surface area contributed by atoms with E-state index in [1.165, 1.54) is 6.07 Å². The Hall–Kier alpha value is -1.44. The van der Waals surface area contributed by atoms with Gasteiger partial charge in [0, 0.05) is 26.2 Å². The van der Waals surface area contributed by atoms with Crippen molar-refractivity contribution in [3.05, 3.63) is 65.2 Å². The highest BCUT2D eigenvalue weighted by molar-refractivity contribution is 7.89. The highest BCUT2D eigenvalue weighted by atomic mass is 35.5. The molecule has 0 unspecified atom stereocenters. The van der Waals surface area contributed by atoms with E-state index in [0.717, 1.165) is 18.7 Å². The number of sulfonamides is 1. The Morgan fingerprint density at radius 3 is 2.60 bits per heavy atom. The summed E-state index contributed by atoms with van der Waals surface area (Å²) in [4.78, 5) is 2.32. The number of halogens is 1. The minimum atomic E-state index is -3.60. The number of benzene rings is 2. The molecule has 1 heterocycles. The van der Waals surface area contributed by atoms with Gasteiger partial charge in [0.1, 0.15) is 4.90 Å². The van der Waals surface area contributed by atoms with Gasteiger partial charge < -0.3 is 4.74 Å². The van der Waals surface area contributed by atoms with Crippen molar-refractivity contribution >= 4 is 21.6 Å². The lowest BCUT2D eigenvalue weighted by Crippen LogP contribution is -2.42. The van der Waals surface area contributed by atoms with E-state index in [2.05, 4.69) is 9.62 Å². The maximum Gasteiger partial charge on any atom is 0.242 e. The monoisotopic (exact) mass is 380 g/mol. The Kier molecular flexibility index (Phi) is 6.09. The van der Waals surface area contributed by atoms with Crippen molar-refractivity contribution in [1.82, 2.24) is 9.62 Å². The maximum atomic E-state index is 12.3. The molecule has 1 atom stereocenters. The molecule has 3 rings (SSSR count). The van der Waals surface area contributed by atoms with E-state index >= 15 is 0 Å². The topological polar surface area (TPSA) is 58.6 Å². The van der Waals surface area contributed by atoms with Crippen LogP contribution in [0.4, 0.5) is 0 Å². The van der Waals surface area contributed by atoms with Gasteiger partial charge in [-0.2, -0.15) is 0 Å². The van der Waals surface area contributed by atoms with E-state index < -0.39 is 10.0 Å². The fraction of sp³-hybridized carbons (Fsp3) is 0.333. The summed E-state index contributed by atoms with van der Waals surface area (Å²) >= 11 is 5.98. The maximum absolute atomic E-state index is 12.3. The lowest BCUT2D eigenvalue weighted by Gasteiger charge is -2.33. The van der Waals surface area contributed by atoms with Gasteiger partial charge in [0.2, 0.25) is 10.0 Å². The Labute approximate surface area is 153 Å². The fourth-order valence-electron chi connectivity index (χ4n) is 2.85. The Morgan fingerprint density at radius 2 is 1.84 bits per heavy atom. The van der Waals surface area contributed by atoms with Crippen molar-refractivity contribution in [3.63, 3.8) is 0 Å². The number of rotatable bonds is 6. The number of hydrogen-bond donors (Lipinski definition) is 1. The van der Waals surface area contributed by atoms with Crippen LogP contribution in [0, 0.1) is 0 Å². The summed E-state index contributed by atoms with van der Waals surface area (Å²) < 4.78 is 33.1. The van der Waals surface area contributed by atoms with E-state index in [0.29, 0.717) is 19.7 Å². The number of nitrogens with one attached hydrogen (secondary N) is 1. The van der Waals surface area contributed by atoms with Gasteiger partial charge in [0.15, 0.2) is 0 Å². The zero-order chi connectivity index (χ0) is 17.7. The molecule has 0 spiro atoms. The second kappa shape index (κ2) is 8.29. The van der Waals surface area contributed by atoms with Gasteiger partial charge in [-0.05, 0) is 17.7 Å². The molecule has 2 aromatic carbocycles. The van der Waals surface area contributed by atoms with E-state index in [-0.39, 0.29) is 16.0 Å². The van der Waals surface area contributed by atoms with Gasteiger partial charge in [-0.25, -0.2) is 13.1 Å². The Bertz CT molecular complexity index is 799. The van der Waals surface area contributed by atoms with Gasteiger partial charge in [0.05, 0.1) is 17.7 Å². The Morgan fingerprint density at radius 1 is 1.12 bits per heavy atom. The first-order valence-electron chi connectivity index (χ1n) is 8.19. The number of nitrogens with zero attached hydrogens (tertiary/aromatic N) is 1. The summed E-state index contributed by atoms with van der Waals surface area (Å²) in [5.74, 6) is 0. The molecule has 1 saturated heterocycles. The van der Waals surface area contributed by atoms with E-state index in [9.17, 15) is 8.42 Å². The third kappa shape index (κ3) is 4.80. The van der Waals surface area contributed by atoms with E-state index in [1.54, 1.807) is 18.2 Å². The second-order valence-corrected chi connectivity index (χ2v) is 8.04. The van der Waals surface area contributed by atoms with Crippen LogP contribution in [0.5, 0.6) is 0 Å². The summed E-state index contributed by atoms with van der Waals surface area (Å²) in [5.41, 5.74) is 1.14. The molecule has 0 radical (unpaired) electrons. The molecule has 134 valence electrons. The lowest BCUT2D eigenvalue weighted by molar-refractivity contribution is -0.0291. The summed E-state index contributed by atoms with van der Waals surface area (Å²) in [7, 11) is -3.60.